The predicted molar refractivity (Wildman–Crippen MR) is 48.4 cm³/mol. The van der Waals surface area contributed by atoms with E-state index < -0.39 is 0 Å². The molecule has 0 heterocycles. The molecule has 0 N–H and O–H groups in total. The van der Waals surface area contributed by atoms with Crippen LogP contribution in [0.25, 0.3) is 0 Å². The minimum absolute atomic E-state index is 0.578. The van der Waals surface area contributed by atoms with Gasteiger partial charge in [-0.25, -0.2) is 0 Å². The van der Waals surface area contributed by atoms with Crippen LogP contribution in [0.4, 0.5) is 0 Å². The molecule has 0 aliphatic heterocycles. The van der Waals surface area contributed by atoms with Gasteiger partial charge < -0.3 is 0 Å². The van der Waals surface area contributed by atoms with Gasteiger partial charge in [-0.05, 0) is 12.0 Å². The van der Waals surface area contributed by atoms with Crippen molar-refractivity contribution in [1.29, 1.82) is 0 Å². The molecule has 0 aliphatic carbocycles. The summed E-state index contributed by atoms with van der Waals surface area (Å²) < 4.78 is 0. The fourth-order valence-electron chi connectivity index (χ4n) is 0.639. The molecule has 0 fully saturated rings. The molecule has 0 saturated carbocycles. The Hall–Kier alpha value is -0.490. The fraction of sp³-hybridized carbons (Fsp3) is 0.333. The standard InChI is InChI=1S/C9H13Cl/c1-3-6-9(4-2)7-5-8-10/h3,5-7H,1,4,8H2,2H3/b7-5-,9-6-. The average Bonchev–Trinajstić information content (AvgIpc) is 1.98. The molecule has 10 heavy (non-hydrogen) atoms. The molecule has 0 aromatic rings. The molecule has 0 radical (unpaired) electrons. The van der Waals surface area contributed by atoms with Crippen LogP contribution in [0.15, 0.2) is 36.5 Å². The van der Waals surface area contributed by atoms with Gasteiger partial charge in [-0.1, -0.05) is 37.8 Å². The largest absolute Gasteiger partial charge is 0.122 e. The Kier molecular flexibility index (Phi) is 6.30. The van der Waals surface area contributed by atoms with E-state index in [4.69, 9.17) is 11.6 Å². The highest BCUT2D eigenvalue weighted by Gasteiger charge is 1.82. The lowest BCUT2D eigenvalue weighted by atomic mass is 10.2. The maximum absolute atomic E-state index is 5.46. The molecular formula is C9H13Cl. The zero-order chi connectivity index (χ0) is 7.82. The molecule has 0 spiro atoms. The highest BCUT2D eigenvalue weighted by Crippen LogP contribution is 2.02. The molecule has 0 unspecified atom stereocenters. The molecular weight excluding hydrogens is 144 g/mol. The van der Waals surface area contributed by atoms with Gasteiger partial charge >= 0.3 is 0 Å². The van der Waals surface area contributed by atoms with Gasteiger partial charge in [-0.2, -0.15) is 0 Å². The van der Waals surface area contributed by atoms with Crippen LogP contribution in [-0.4, -0.2) is 5.88 Å². The summed E-state index contributed by atoms with van der Waals surface area (Å²) in [5.41, 5.74) is 1.26. The number of allylic oxidation sites excluding steroid dienone is 5. The molecule has 0 atom stereocenters. The molecule has 1 heteroatoms. The lowest BCUT2D eigenvalue weighted by molar-refractivity contribution is 1.15. The summed E-state index contributed by atoms with van der Waals surface area (Å²) in [6.45, 7) is 5.72. The minimum atomic E-state index is 0.578. The summed E-state index contributed by atoms with van der Waals surface area (Å²) in [6, 6.07) is 0. The molecule has 0 nitrogen and oxygen atoms in total. The summed E-state index contributed by atoms with van der Waals surface area (Å²) in [4.78, 5) is 0. The Morgan fingerprint density at radius 2 is 2.30 bits per heavy atom. The van der Waals surface area contributed by atoms with Crippen LogP contribution in [0.5, 0.6) is 0 Å². The molecule has 56 valence electrons. The van der Waals surface area contributed by atoms with Crippen molar-refractivity contribution in [2.24, 2.45) is 0 Å². The quantitative estimate of drug-likeness (QED) is 0.433. The fourth-order valence-corrected chi connectivity index (χ4v) is 0.728. The van der Waals surface area contributed by atoms with Crippen LogP contribution in [-0.2, 0) is 0 Å². The monoisotopic (exact) mass is 156 g/mol. The summed E-state index contributed by atoms with van der Waals surface area (Å²) in [5.74, 6) is 0.578. The van der Waals surface area contributed by atoms with Gasteiger partial charge in [0.25, 0.3) is 0 Å². The third-order valence-electron chi connectivity index (χ3n) is 1.16. The van der Waals surface area contributed by atoms with Gasteiger partial charge in [-0.15, -0.1) is 11.6 Å². The van der Waals surface area contributed by atoms with E-state index in [2.05, 4.69) is 13.5 Å². The number of halogens is 1. The van der Waals surface area contributed by atoms with Gasteiger partial charge in [-0.3, -0.25) is 0 Å². The first-order valence-corrected chi connectivity index (χ1v) is 3.92. The minimum Gasteiger partial charge on any atom is -0.122 e. The summed E-state index contributed by atoms with van der Waals surface area (Å²) in [6.07, 6.45) is 8.76. The smallest absolute Gasteiger partial charge is 0.0407 e. The molecule has 0 aliphatic rings. The van der Waals surface area contributed by atoms with Gasteiger partial charge in [0.15, 0.2) is 0 Å². The van der Waals surface area contributed by atoms with E-state index in [0.29, 0.717) is 5.88 Å². The maximum atomic E-state index is 5.46. The first-order chi connectivity index (χ1) is 4.85. The Labute approximate surface area is 67.9 Å². The molecule has 0 saturated heterocycles. The lowest BCUT2D eigenvalue weighted by Gasteiger charge is -1.91. The second-order valence-corrected chi connectivity index (χ2v) is 2.20. The van der Waals surface area contributed by atoms with E-state index in [0.717, 1.165) is 6.42 Å². The van der Waals surface area contributed by atoms with Crippen molar-refractivity contribution in [3.8, 4) is 0 Å². The average molecular weight is 157 g/mol. The van der Waals surface area contributed by atoms with E-state index in [1.165, 1.54) is 5.57 Å². The zero-order valence-electron chi connectivity index (χ0n) is 6.31. The highest BCUT2D eigenvalue weighted by molar-refractivity contribution is 6.18. The molecule has 0 aromatic carbocycles. The van der Waals surface area contributed by atoms with Crippen molar-refractivity contribution in [2.75, 3.05) is 5.88 Å². The van der Waals surface area contributed by atoms with Crippen LogP contribution in [0, 0.1) is 0 Å². The Balaban J connectivity index is 3.94. The van der Waals surface area contributed by atoms with E-state index >= 15 is 0 Å². The first kappa shape index (κ1) is 9.51. The number of hydrogen-bond donors (Lipinski definition) is 0. The van der Waals surface area contributed by atoms with Crippen molar-refractivity contribution < 1.29 is 0 Å². The van der Waals surface area contributed by atoms with Crippen molar-refractivity contribution in [3.63, 3.8) is 0 Å². The maximum Gasteiger partial charge on any atom is 0.0407 e. The summed E-state index contributed by atoms with van der Waals surface area (Å²) in [5, 5.41) is 0. The molecule has 0 rings (SSSR count). The topological polar surface area (TPSA) is 0 Å². The summed E-state index contributed by atoms with van der Waals surface area (Å²) >= 11 is 5.46. The second kappa shape index (κ2) is 6.63. The highest BCUT2D eigenvalue weighted by atomic mass is 35.5. The SMILES string of the molecule is C=C/C=C(\C=C/CCl)CC. The van der Waals surface area contributed by atoms with Crippen LogP contribution in [0.2, 0.25) is 0 Å². The second-order valence-electron chi connectivity index (χ2n) is 1.89. The van der Waals surface area contributed by atoms with Crippen molar-refractivity contribution in [3.05, 3.63) is 36.5 Å². The van der Waals surface area contributed by atoms with E-state index in [9.17, 15) is 0 Å². The predicted octanol–water partition coefficient (Wildman–Crippen LogP) is 3.30. The third-order valence-corrected chi connectivity index (χ3v) is 1.34. The van der Waals surface area contributed by atoms with E-state index in [1.807, 2.05) is 18.2 Å². The number of alkyl halides is 1. The van der Waals surface area contributed by atoms with Crippen LogP contribution < -0.4 is 0 Å². The lowest BCUT2D eigenvalue weighted by Crippen LogP contribution is -1.72. The van der Waals surface area contributed by atoms with Crippen LogP contribution >= 0.6 is 11.6 Å². The van der Waals surface area contributed by atoms with Crippen molar-refractivity contribution in [2.45, 2.75) is 13.3 Å². The van der Waals surface area contributed by atoms with Crippen LogP contribution in [0.3, 0.4) is 0 Å². The van der Waals surface area contributed by atoms with E-state index in [-0.39, 0.29) is 0 Å². The van der Waals surface area contributed by atoms with Crippen molar-refractivity contribution in [1.82, 2.24) is 0 Å². The Morgan fingerprint density at radius 3 is 2.70 bits per heavy atom. The molecule has 0 aromatic heterocycles. The van der Waals surface area contributed by atoms with Crippen molar-refractivity contribution >= 4 is 11.6 Å². The zero-order valence-corrected chi connectivity index (χ0v) is 7.06. The van der Waals surface area contributed by atoms with Gasteiger partial charge in [0.2, 0.25) is 0 Å². The van der Waals surface area contributed by atoms with Gasteiger partial charge in [0, 0.05) is 5.88 Å². The normalized spacial score (nSPS) is 12.4. The van der Waals surface area contributed by atoms with Gasteiger partial charge in [0.1, 0.15) is 0 Å². The van der Waals surface area contributed by atoms with E-state index in [1.54, 1.807) is 6.08 Å². The van der Waals surface area contributed by atoms with Gasteiger partial charge in [0.05, 0.1) is 0 Å². The summed E-state index contributed by atoms with van der Waals surface area (Å²) in [7, 11) is 0. The Morgan fingerprint density at radius 1 is 1.60 bits per heavy atom. The Bertz CT molecular complexity index is 143. The first-order valence-electron chi connectivity index (χ1n) is 3.39. The molecule has 0 amide bonds. The third kappa shape index (κ3) is 4.39. The molecule has 0 bridgehead atoms. The number of hydrogen-bond acceptors (Lipinski definition) is 0. The number of rotatable bonds is 4. The van der Waals surface area contributed by atoms with Crippen LogP contribution in [0.1, 0.15) is 13.3 Å².